The Kier molecular flexibility index (Phi) is 8.76. The van der Waals surface area contributed by atoms with Crippen LogP contribution < -0.4 is 21.2 Å². The summed E-state index contributed by atoms with van der Waals surface area (Å²) in [5, 5.41) is 19.9. The summed E-state index contributed by atoms with van der Waals surface area (Å²) in [6, 6.07) is 14.0. The normalized spacial score (nSPS) is 21.3. The van der Waals surface area contributed by atoms with E-state index in [1.165, 1.54) is 0 Å². The van der Waals surface area contributed by atoms with E-state index in [0.717, 1.165) is 80.5 Å². The van der Waals surface area contributed by atoms with Crippen molar-refractivity contribution in [2.24, 2.45) is 13.0 Å². The molecule has 1 aromatic carbocycles. The maximum atomic E-state index is 13.4. The van der Waals surface area contributed by atoms with Gasteiger partial charge in [0.25, 0.3) is 5.91 Å². The van der Waals surface area contributed by atoms with Crippen LogP contribution in [0.4, 0.5) is 11.5 Å². The number of aryl methyl sites for hydroxylation is 1. The lowest BCUT2D eigenvalue weighted by atomic mass is 9.85. The van der Waals surface area contributed by atoms with E-state index in [-0.39, 0.29) is 29.4 Å². The molecule has 4 aromatic heterocycles. The summed E-state index contributed by atoms with van der Waals surface area (Å²) in [6.45, 7) is 4.58. The number of nitrogens with one attached hydrogen (secondary N) is 2. The Morgan fingerprint density at radius 2 is 1.81 bits per heavy atom. The van der Waals surface area contributed by atoms with E-state index in [1.54, 1.807) is 40.6 Å². The first kappa shape index (κ1) is 33.3. The van der Waals surface area contributed by atoms with Crippen LogP contribution in [0.5, 0.6) is 0 Å². The van der Waals surface area contributed by atoms with Crippen LogP contribution in [-0.4, -0.2) is 84.2 Å². The number of imide groups is 1. The molecule has 2 saturated heterocycles. The van der Waals surface area contributed by atoms with Gasteiger partial charge in [0.2, 0.25) is 11.8 Å². The Bertz CT molecular complexity index is 2300. The number of anilines is 2. The first-order chi connectivity index (χ1) is 25.2. The number of rotatable bonds is 7. The van der Waals surface area contributed by atoms with Crippen molar-refractivity contribution in [1.29, 1.82) is 5.26 Å². The summed E-state index contributed by atoms with van der Waals surface area (Å²) >= 11 is 0. The molecule has 2 N–H and O–H groups in total. The van der Waals surface area contributed by atoms with Crippen LogP contribution >= 0.6 is 0 Å². The number of nitrogens with zero attached hydrogens (tertiary/aromatic N) is 9. The van der Waals surface area contributed by atoms with E-state index < -0.39 is 17.9 Å². The molecule has 15 nitrogen and oxygen atoms in total. The second-order valence-electron chi connectivity index (χ2n) is 14.0. The molecular formula is C37H39N11O4. The third-order valence-corrected chi connectivity index (χ3v) is 10.8. The topological polar surface area (TPSA) is 176 Å². The van der Waals surface area contributed by atoms with Gasteiger partial charge >= 0.3 is 5.69 Å². The van der Waals surface area contributed by atoms with Crippen molar-refractivity contribution in [3.63, 3.8) is 0 Å². The Morgan fingerprint density at radius 3 is 2.58 bits per heavy atom. The summed E-state index contributed by atoms with van der Waals surface area (Å²) in [5.41, 5.74) is 3.36. The number of imidazole rings is 1. The number of nitriles is 1. The number of hydrogen-bond acceptors (Lipinski definition) is 10. The summed E-state index contributed by atoms with van der Waals surface area (Å²) in [7, 11) is 1.75. The Hall–Kier alpha value is -5.88. The van der Waals surface area contributed by atoms with Gasteiger partial charge in [-0.25, -0.2) is 14.8 Å². The summed E-state index contributed by atoms with van der Waals surface area (Å²) < 4.78 is 5.23. The Balaban J connectivity index is 0.861. The van der Waals surface area contributed by atoms with Gasteiger partial charge in [0.05, 0.1) is 29.0 Å². The average molecular weight is 702 g/mol. The minimum Gasteiger partial charge on any atom is -0.367 e. The predicted octanol–water partition coefficient (Wildman–Crippen LogP) is 3.13. The molecule has 52 heavy (non-hydrogen) atoms. The Morgan fingerprint density at radius 1 is 1.02 bits per heavy atom. The molecule has 1 aliphatic carbocycles. The van der Waals surface area contributed by atoms with Crippen molar-refractivity contribution in [2.75, 3.05) is 42.9 Å². The van der Waals surface area contributed by atoms with E-state index in [4.69, 9.17) is 10.4 Å². The highest BCUT2D eigenvalue weighted by Gasteiger charge is 2.33. The molecule has 0 radical (unpaired) electrons. The third-order valence-electron chi connectivity index (χ3n) is 10.8. The van der Waals surface area contributed by atoms with Crippen molar-refractivity contribution < 1.29 is 14.4 Å². The molecule has 3 amide bonds. The fourth-order valence-electron chi connectivity index (χ4n) is 8.04. The SMILES string of the molecule is Cn1c(=O)n(C2CCC(=O)NC2=O)c2cccc(N3CCN(C[C@H]4CC[C@H](n5cc6cc(NC(=O)c7cccc(C#N)n7)ncc6n5)CC4)CC3)c21. The minimum atomic E-state index is -0.702. The number of fused-ring (bicyclic) bond motifs is 2. The molecule has 0 bridgehead atoms. The number of carbonyl (C=O) groups excluding carboxylic acids is 3. The van der Waals surface area contributed by atoms with Gasteiger partial charge in [0, 0.05) is 57.8 Å². The monoisotopic (exact) mass is 701 g/mol. The minimum absolute atomic E-state index is 0.153. The predicted molar refractivity (Wildman–Crippen MR) is 193 cm³/mol. The molecule has 6 heterocycles. The average Bonchev–Trinajstić information content (AvgIpc) is 3.70. The summed E-state index contributed by atoms with van der Waals surface area (Å²) in [6.07, 6.45) is 8.53. The number of hydrogen-bond donors (Lipinski definition) is 2. The molecule has 3 fully saturated rings. The highest BCUT2D eigenvalue weighted by molar-refractivity contribution is 6.03. The lowest BCUT2D eigenvalue weighted by Crippen LogP contribution is -2.48. The lowest BCUT2D eigenvalue weighted by molar-refractivity contribution is -0.135. The maximum absolute atomic E-state index is 13.4. The second-order valence-corrected chi connectivity index (χ2v) is 14.0. The molecule has 15 heteroatoms. The fourth-order valence-corrected chi connectivity index (χ4v) is 8.04. The zero-order valence-corrected chi connectivity index (χ0v) is 28.9. The third kappa shape index (κ3) is 6.30. The highest BCUT2D eigenvalue weighted by atomic mass is 16.2. The number of piperazine rings is 1. The van der Waals surface area contributed by atoms with Gasteiger partial charge in [-0.1, -0.05) is 12.1 Å². The molecule has 2 aliphatic heterocycles. The molecule has 1 saturated carbocycles. The molecule has 1 unspecified atom stereocenters. The summed E-state index contributed by atoms with van der Waals surface area (Å²) in [5.74, 6) is -0.148. The quantitative estimate of drug-likeness (QED) is 0.240. The van der Waals surface area contributed by atoms with E-state index in [1.807, 2.05) is 41.2 Å². The maximum Gasteiger partial charge on any atom is 0.329 e. The molecule has 3 aliphatic rings. The number of piperidine rings is 1. The van der Waals surface area contributed by atoms with Gasteiger partial charge in [-0.3, -0.25) is 38.4 Å². The molecular weight excluding hydrogens is 662 g/mol. The molecule has 5 aromatic rings. The number of pyridine rings is 2. The van der Waals surface area contributed by atoms with E-state index in [2.05, 4.69) is 30.4 Å². The molecule has 0 spiro atoms. The standard InChI is InChI=1S/C37H39N11O4/c1-44-34-29(6-3-7-30(34)48(37(44)52)31-12-13-33(49)42-36(31)51)46-16-14-45(15-17-46)21-23-8-10-26(11-9-23)47-22-24-18-32(39-20-28(24)43-47)41-35(50)27-5-2-4-25(19-38)40-27/h2-7,18,20,22-23,26,31H,8-17,21H2,1H3,(H,41,50)(H,42,49,51)/t23-,26-,31?. The van der Waals surface area contributed by atoms with Crippen molar-refractivity contribution in [3.8, 4) is 6.07 Å². The van der Waals surface area contributed by atoms with Crippen molar-refractivity contribution in [1.82, 2.24) is 39.1 Å². The smallest absolute Gasteiger partial charge is 0.329 e. The summed E-state index contributed by atoms with van der Waals surface area (Å²) in [4.78, 5) is 63.8. The fraction of sp³-hybridized carbons (Fsp3) is 0.405. The van der Waals surface area contributed by atoms with E-state index >= 15 is 0 Å². The molecule has 266 valence electrons. The number of carbonyl (C=O) groups is 3. The van der Waals surface area contributed by atoms with Gasteiger partial charge in [0.15, 0.2) is 0 Å². The van der Waals surface area contributed by atoms with E-state index in [9.17, 15) is 19.2 Å². The van der Waals surface area contributed by atoms with Gasteiger partial charge < -0.3 is 10.2 Å². The highest BCUT2D eigenvalue weighted by Crippen LogP contribution is 2.34. The van der Waals surface area contributed by atoms with Crippen molar-refractivity contribution in [2.45, 2.75) is 50.6 Å². The van der Waals surface area contributed by atoms with Gasteiger partial charge in [-0.2, -0.15) is 10.4 Å². The zero-order valence-electron chi connectivity index (χ0n) is 28.9. The number of aromatic nitrogens is 6. The number of para-hydroxylation sites is 1. The van der Waals surface area contributed by atoms with Gasteiger partial charge in [-0.05, 0) is 68.4 Å². The van der Waals surface area contributed by atoms with Gasteiger partial charge in [0.1, 0.15) is 34.8 Å². The lowest BCUT2D eigenvalue weighted by Gasteiger charge is -2.39. The number of amides is 3. The largest absolute Gasteiger partial charge is 0.367 e. The van der Waals surface area contributed by atoms with Crippen molar-refractivity contribution >= 4 is 51.2 Å². The van der Waals surface area contributed by atoms with Crippen LogP contribution in [0, 0.1) is 17.2 Å². The molecule has 1 atom stereocenters. The van der Waals surface area contributed by atoms with Crippen molar-refractivity contribution in [3.05, 3.63) is 76.7 Å². The van der Waals surface area contributed by atoms with Crippen LogP contribution in [0.2, 0.25) is 0 Å². The Labute approximate surface area is 298 Å². The second kappa shape index (κ2) is 13.7. The van der Waals surface area contributed by atoms with Gasteiger partial charge in [-0.15, -0.1) is 0 Å². The van der Waals surface area contributed by atoms with Crippen LogP contribution in [0.1, 0.15) is 66.8 Å². The van der Waals surface area contributed by atoms with Crippen LogP contribution in [0.25, 0.3) is 21.9 Å². The van der Waals surface area contributed by atoms with E-state index in [0.29, 0.717) is 29.7 Å². The number of benzene rings is 1. The zero-order chi connectivity index (χ0) is 35.9. The van der Waals surface area contributed by atoms with Crippen LogP contribution in [-0.2, 0) is 16.6 Å². The van der Waals surface area contributed by atoms with Crippen LogP contribution in [0.3, 0.4) is 0 Å². The first-order valence-corrected chi connectivity index (χ1v) is 17.8. The molecule has 8 rings (SSSR count). The first-order valence-electron chi connectivity index (χ1n) is 17.8. The van der Waals surface area contributed by atoms with Crippen LogP contribution in [0.15, 0.2) is 59.7 Å².